The molecule has 2 nitrogen and oxygen atoms in total. The van der Waals surface area contributed by atoms with Gasteiger partial charge < -0.3 is 10.0 Å². The molecule has 0 amide bonds. The van der Waals surface area contributed by atoms with Gasteiger partial charge in [-0.1, -0.05) is 6.07 Å². The summed E-state index contributed by atoms with van der Waals surface area (Å²) in [7, 11) is 0. The summed E-state index contributed by atoms with van der Waals surface area (Å²) in [6.07, 6.45) is -1.49. The molecule has 19 heavy (non-hydrogen) atoms. The van der Waals surface area contributed by atoms with E-state index < -0.39 is 11.7 Å². The lowest BCUT2D eigenvalue weighted by Crippen LogP contribution is -2.38. The molecule has 0 radical (unpaired) electrons. The molecule has 1 fully saturated rings. The number of aliphatic hydroxyl groups is 1. The molecular formula is C14H18F3NO. The zero-order valence-corrected chi connectivity index (χ0v) is 10.9. The van der Waals surface area contributed by atoms with Crippen molar-refractivity contribution in [2.75, 3.05) is 11.4 Å². The second kappa shape index (κ2) is 5.41. The molecule has 1 N–H and O–H groups in total. The predicted octanol–water partition coefficient (Wildman–Crippen LogP) is 3.58. The molecule has 0 saturated carbocycles. The molecule has 1 aromatic rings. The molecule has 1 saturated heterocycles. The molecule has 1 heterocycles. The van der Waals surface area contributed by atoms with Crippen molar-refractivity contribution in [3.05, 3.63) is 29.3 Å². The van der Waals surface area contributed by atoms with Gasteiger partial charge in [0.15, 0.2) is 0 Å². The van der Waals surface area contributed by atoms with Crippen molar-refractivity contribution >= 4 is 5.69 Å². The Hall–Kier alpha value is -1.23. The van der Waals surface area contributed by atoms with E-state index in [9.17, 15) is 13.2 Å². The average Bonchev–Trinajstić information content (AvgIpc) is 2.38. The van der Waals surface area contributed by atoms with Crippen LogP contribution in [0, 0.1) is 0 Å². The predicted molar refractivity (Wildman–Crippen MR) is 68.0 cm³/mol. The third-order valence-corrected chi connectivity index (χ3v) is 3.66. The SMILES string of the molecule is CC1CCCCN1c1ccc(CO)cc1C(F)(F)F. The molecule has 0 bridgehead atoms. The van der Waals surface area contributed by atoms with E-state index in [2.05, 4.69) is 0 Å². The smallest absolute Gasteiger partial charge is 0.392 e. The Labute approximate surface area is 110 Å². The van der Waals surface area contributed by atoms with Crippen LogP contribution < -0.4 is 4.90 Å². The Morgan fingerprint density at radius 3 is 2.63 bits per heavy atom. The van der Waals surface area contributed by atoms with Gasteiger partial charge in [0.05, 0.1) is 12.2 Å². The zero-order valence-electron chi connectivity index (χ0n) is 10.9. The Kier molecular flexibility index (Phi) is 4.04. The molecule has 1 aliphatic rings. The van der Waals surface area contributed by atoms with Crippen molar-refractivity contribution in [1.29, 1.82) is 0 Å². The number of halogens is 3. The summed E-state index contributed by atoms with van der Waals surface area (Å²) in [6.45, 7) is 2.24. The van der Waals surface area contributed by atoms with Crippen LogP contribution in [0.1, 0.15) is 37.3 Å². The van der Waals surface area contributed by atoms with Crippen molar-refractivity contribution in [1.82, 2.24) is 0 Å². The van der Waals surface area contributed by atoms with E-state index in [4.69, 9.17) is 5.11 Å². The number of hydrogen-bond acceptors (Lipinski definition) is 2. The van der Waals surface area contributed by atoms with Crippen molar-refractivity contribution < 1.29 is 18.3 Å². The fraction of sp³-hybridized carbons (Fsp3) is 0.571. The van der Waals surface area contributed by atoms with E-state index in [1.807, 2.05) is 11.8 Å². The normalized spacial score (nSPS) is 20.7. The quantitative estimate of drug-likeness (QED) is 0.890. The maximum Gasteiger partial charge on any atom is 0.418 e. The van der Waals surface area contributed by atoms with Gasteiger partial charge in [0.2, 0.25) is 0 Å². The molecule has 0 spiro atoms. The fourth-order valence-electron chi connectivity index (χ4n) is 2.62. The summed E-state index contributed by atoms with van der Waals surface area (Å²) in [6, 6.07) is 4.22. The van der Waals surface area contributed by atoms with Crippen LogP contribution in [0.3, 0.4) is 0 Å². The molecular weight excluding hydrogens is 255 g/mol. The Bertz CT molecular complexity index is 445. The molecule has 1 atom stereocenters. The van der Waals surface area contributed by atoms with E-state index >= 15 is 0 Å². The van der Waals surface area contributed by atoms with Crippen LogP contribution >= 0.6 is 0 Å². The van der Waals surface area contributed by atoms with Gasteiger partial charge >= 0.3 is 6.18 Å². The summed E-state index contributed by atoms with van der Waals surface area (Å²) in [5.74, 6) is 0. The van der Waals surface area contributed by atoms with Gasteiger partial charge in [0, 0.05) is 18.3 Å². The number of piperidine rings is 1. The zero-order chi connectivity index (χ0) is 14.0. The third kappa shape index (κ3) is 3.03. The van der Waals surface area contributed by atoms with Crippen LogP contribution in [0.25, 0.3) is 0 Å². The maximum atomic E-state index is 13.1. The van der Waals surface area contributed by atoms with Gasteiger partial charge in [-0.25, -0.2) is 0 Å². The highest BCUT2D eigenvalue weighted by Crippen LogP contribution is 2.39. The molecule has 5 heteroatoms. The summed E-state index contributed by atoms with van der Waals surface area (Å²) in [4.78, 5) is 1.83. The van der Waals surface area contributed by atoms with Crippen molar-refractivity contribution in [3.8, 4) is 0 Å². The minimum atomic E-state index is -4.39. The van der Waals surface area contributed by atoms with Gasteiger partial charge in [-0.3, -0.25) is 0 Å². The molecule has 2 rings (SSSR count). The first-order chi connectivity index (χ1) is 8.93. The van der Waals surface area contributed by atoms with Gasteiger partial charge in [0.1, 0.15) is 0 Å². The summed E-state index contributed by atoms with van der Waals surface area (Å²) in [5, 5.41) is 9.00. The minimum Gasteiger partial charge on any atom is -0.392 e. The summed E-state index contributed by atoms with van der Waals surface area (Å²) < 4.78 is 39.4. The lowest BCUT2D eigenvalue weighted by molar-refractivity contribution is -0.137. The minimum absolute atomic E-state index is 0.120. The lowest BCUT2D eigenvalue weighted by Gasteiger charge is -2.37. The lowest BCUT2D eigenvalue weighted by atomic mass is 10.00. The average molecular weight is 273 g/mol. The Morgan fingerprint density at radius 1 is 1.32 bits per heavy atom. The second-order valence-electron chi connectivity index (χ2n) is 5.05. The maximum absolute atomic E-state index is 13.1. The van der Waals surface area contributed by atoms with Gasteiger partial charge in [-0.15, -0.1) is 0 Å². The Balaban J connectivity index is 2.43. The van der Waals surface area contributed by atoms with Crippen LogP contribution in [-0.4, -0.2) is 17.7 Å². The highest BCUT2D eigenvalue weighted by atomic mass is 19.4. The number of aliphatic hydroxyl groups excluding tert-OH is 1. The number of anilines is 1. The van der Waals surface area contributed by atoms with E-state index in [1.54, 1.807) is 6.07 Å². The first kappa shape index (κ1) is 14.2. The number of nitrogens with zero attached hydrogens (tertiary/aromatic N) is 1. The molecule has 0 aliphatic carbocycles. The molecule has 1 unspecified atom stereocenters. The first-order valence-electron chi connectivity index (χ1n) is 6.51. The highest BCUT2D eigenvalue weighted by molar-refractivity contribution is 5.57. The van der Waals surface area contributed by atoms with Crippen LogP contribution in [0.5, 0.6) is 0 Å². The van der Waals surface area contributed by atoms with E-state index in [0.717, 1.165) is 25.3 Å². The van der Waals surface area contributed by atoms with Crippen molar-refractivity contribution in [3.63, 3.8) is 0 Å². The standard InChI is InChI=1S/C14H18F3NO/c1-10-4-2-3-7-18(10)13-6-5-11(9-19)8-12(13)14(15,16)17/h5-6,8,10,19H,2-4,7,9H2,1H3. The number of alkyl halides is 3. The van der Waals surface area contributed by atoms with E-state index in [0.29, 0.717) is 12.1 Å². The van der Waals surface area contributed by atoms with Crippen LogP contribution in [0.4, 0.5) is 18.9 Å². The van der Waals surface area contributed by atoms with Gasteiger partial charge in [-0.2, -0.15) is 13.2 Å². The molecule has 1 aromatic carbocycles. The highest BCUT2D eigenvalue weighted by Gasteiger charge is 2.36. The van der Waals surface area contributed by atoms with Gasteiger partial charge in [0.25, 0.3) is 0 Å². The third-order valence-electron chi connectivity index (χ3n) is 3.66. The van der Waals surface area contributed by atoms with Crippen molar-refractivity contribution in [2.24, 2.45) is 0 Å². The topological polar surface area (TPSA) is 23.5 Å². The fourth-order valence-corrected chi connectivity index (χ4v) is 2.62. The van der Waals surface area contributed by atoms with Gasteiger partial charge in [-0.05, 0) is 43.9 Å². The Morgan fingerprint density at radius 2 is 2.05 bits per heavy atom. The first-order valence-corrected chi connectivity index (χ1v) is 6.51. The summed E-state index contributed by atoms with van der Waals surface area (Å²) >= 11 is 0. The van der Waals surface area contributed by atoms with E-state index in [-0.39, 0.29) is 18.3 Å². The second-order valence-corrected chi connectivity index (χ2v) is 5.05. The van der Waals surface area contributed by atoms with Crippen LogP contribution in [0.15, 0.2) is 18.2 Å². The van der Waals surface area contributed by atoms with E-state index in [1.165, 1.54) is 6.07 Å². The largest absolute Gasteiger partial charge is 0.418 e. The van der Waals surface area contributed by atoms with Crippen molar-refractivity contribution in [2.45, 2.75) is 45.0 Å². The van der Waals surface area contributed by atoms with Crippen LogP contribution in [0.2, 0.25) is 0 Å². The monoisotopic (exact) mass is 273 g/mol. The number of rotatable bonds is 2. The number of benzene rings is 1. The van der Waals surface area contributed by atoms with Crippen LogP contribution in [-0.2, 0) is 12.8 Å². The molecule has 1 aliphatic heterocycles. The molecule has 106 valence electrons. The summed E-state index contributed by atoms with van der Waals surface area (Å²) in [5.41, 5.74) is -0.120. The number of hydrogen-bond donors (Lipinski definition) is 1. The molecule has 0 aromatic heterocycles.